The first-order valence-corrected chi connectivity index (χ1v) is 18.7. The smallest absolute Gasteiger partial charge is 0.0542 e. The molecule has 54 heavy (non-hydrogen) atoms. The number of para-hydroxylation sites is 1. The van der Waals surface area contributed by atoms with Crippen molar-refractivity contribution in [3.05, 3.63) is 194 Å². The highest BCUT2D eigenvalue weighted by Gasteiger charge is 2.26. The van der Waals surface area contributed by atoms with E-state index in [1.165, 1.54) is 92.8 Å². The molecule has 0 atom stereocenters. The monoisotopic (exact) mass is 684 g/mol. The average molecular weight is 685 g/mol. The summed E-state index contributed by atoms with van der Waals surface area (Å²) in [5, 5.41) is 12.6. The molecule has 0 saturated heterocycles. The number of rotatable bonds is 4. The Hall–Kier alpha value is -7.16. The number of hydrogen-bond donors (Lipinski definition) is 0. The predicted molar refractivity (Wildman–Crippen MR) is 230 cm³/mol. The minimum Gasteiger partial charge on any atom is -0.310 e. The molecular formula is C52H32N2. The number of hydrogen-bond acceptors (Lipinski definition) is 1. The largest absolute Gasteiger partial charge is 0.310 e. The van der Waals surface area contributed by atoms with E-state index in [4.69, 9.17) is 0 Å². The summed E-state index contributed by atoms with van der Waals surface area (Å²) in [6, 6.07) is 71.7. The topological polar surface area (TPSA) is 8.17 Å². The molecule has 11 aromatic rings. The van der Waals surface area contributed by atoms with Crippen molar-refractivity contribution in [1.29, 1.82) is 0 Å². The van der Waals surface area contributed by atoms with E-state index >= 15 is 0 Å². The zero-order chi connectivity index (χ0) is 35.3. The Balaban J connectivity index is 1.09. The van der Waals surface area contributed by atoms with Crippen molar-refractivity contribution in [3.8, 4) is 27.9 Å². The summed E-state index contributed by atoms with van der Waals surface area (Å²) < 4.78 is 2.42. The highest BCUT2D eigenvalue weighted by Crippen LogP contribution is 2.52. The zero-order valence-corrected chi connectivity index (χ0v) is 29.4. The lowest BCUT2D eigenvalue weighted by molar-refractivity contribution is 1.18. The van der Waals surface area contributed by atoms with Crippen LogP contribution in [0.4, 0.5) is 17.1 Å². The van der Waals surface area contributed by atoms with Crippen molar-refractivity contribution in [2.24, 2.45) is 0 Å². The third kappa shape index (κ3) is 4.22. The van der Waals surface area contributed by atoms with Crippen LogP contribution in [0.2, 0.25) is 0 Å². The molecule has 12 rings (SSSR count). The van der Waals surface area contributed by atoms with Crippen molar-refractivity contribution < 1.29 is 0 Å². The molecule has 0 amide bonds. The van der Waals surface area contributed by atoms with Crippen molar-refractivity contribution in [2.45, 2.75) is 0 Å². The third-order valence-electron chi connectivity index (χ3n) is 11.6. The van der Waals surface area contributed by atoms with E-state index in [2.05, 4.69) is 204 Å². The van der Waals surface area contributed by atoms with Crippen LogP contribution in [0.15, 0.2) is 194 Å². The maximum absolute atomic E-state index is 2.44. The van der Waals surface area contributed by atoms with Gasteiger partial charge in [-0.25, -0.2) is 0 Å². The molecule has 0 bridgehead atoms. The highest BCUT2D eigenvalue weighted by atomic mass is 15.1. The van der Waals surface area contributed by atoms with Gasteiger partial charge in [0.15, 0.2) is 0 Å². The standard InChI is InChI=1S/C52H32N2/c1-3-12-35-29-39(22-20-33(35)10-1)53(41-24-26-46-47(31-41)45-18-9-15-38-28-37-14-5-6-16-43(37)52(46)51(38)45)42-25-27-50-48(32-42)44-17-7-8-19-49(44)54(50)40-23-21-34-11-2-4-13-36(34)30-40/h1-32H. The molecule has 2 nitrogen and oxygen atoms in total. The van der Waals surface area contributed by atoms with Gasteiger partial charge in [0.25, 0.3) is 0 Å². The van der Waals surface area contributed by atoms with Crippen LogP contribution in [-0.4, -0.2) is 4.57 Å². The van der Waals surface area contributed by atoms with Crippen LogP contribution >= 0.6 is 0 Å². The first-order valence-electron chi connectivity index (χ1n) is 18.7. The van der Waals surface area contributed by atoms with Gasteiger partial charge in [-0.15, -0.1) is 0 Å². The average Bonchev–Trinajstić information content (AvgIpc) is 3.74. The van der Waals surface area contributed by atoms with E-state index in [-0.39, 0.29) is 0 Å². The molecule has 0 unspecified atom stereocenters. The SMILES string of the molecule is c1ccc2cc(N(c3ccc4c(c3)-c3cccc5cc6ccccc6c-4c35)c3ccc4c(c3)c3ccccc3n4-c3ccc4ccccc4c3)ccc2c1. The number of nitrogens with zero attached hydrogens (tertiary/aromatic N) is 2. The second kappa shape index (κ2) is 11.2. The quantitative estimate of drug-likeness (QED) is 0.168. The Morgan fingerprint density at radius 2 is 0.926 bits per heavy atom. The minimum atomic E-state index is 1.12. The van der Waals surface area contributed by atoms with Crippen LogP contribution in [0.25, 0.3) is 92.8 Å². The molecule has 0 fully saturated rings. The Morgan fingerprint density at radius 1 is 0.315 bits per heavy atom. The molecular weight excluding hydrogens is 653 g/mol. The van der Waals surface area contributed by atoms with Gasteiger partial charge in [-0.05, 0) is 132 Å². The molecule has 1 aromatic heterocycles. The van der Waals surface area contributed by atoms with E-state index < -0.39 is 0 Å². The van der Waals surface area contributed by atoms with Crippen LogP contribution < -0.4 is 4.90 Å². The maximum Gasteiger partial charge on any atom is 0.0542 e. The molecule has 2 heteroatoms. The molecule has 1 aliphatic carbocycles. The van der Waals surface area contributed by atoms with Gasteiger partial charge in [0, 0.05) is 33.5 Å². The lowest BCUT2D eigenvalue weighted by atomic mass is 9.96. The van der Waals surface area contributed by atoms with Gasteiger partial charge in [0.2, 0.25) is 0 Å². The Bertz CT molecular complexity index is 3350. The van der Waals surface area contributed by atoms with Crippen LogP contribution in [0, 0.1) is 0 Å². The Labute approximate surface area is 312 Å². The van der Waals surface area contributed by atoms with Gasteiger partial charge in [-0.2, -0.15) is 0 Å². The van der Waals surface area contributed by atoms with Gasteiger partial charge < -0.3 is 9.47 Å². The third-order valence-corrected chi connectivity index (χ3v) is 11.6. The van der Waals surface area contributed by atoms with E-state index in [0.29, 0.717) is 0 Å². The molecule has 10 aromatic carbocycles. The van der Waals surface area contributed by atoms with Crippen molar-refractivity contribution >= 4 is 82.0 Å². The van der Waals surface area contributed by atoms with Crippen molar-refractivity contribution in [3.63, 3.8) is 0 Å². The fourth-order valence-electron chi connectivity index (χ4n) is 9.20. The van der Waals surface area contributed by atoms with Gasteiger partial charge in [0.1, 0.15) is 0 Å². The van der Waals surface area contributed by atoms with Crippen LogP contribution in [0.5, 0.6) is 0 Å². The normalized spacial score (nSPS) is 12.1. The van der Waals surface area contributed by atoms with Crippen molar-refractivity contribution in [1.82, 2.24) is 4.57 Å². The van der Waals surface area contributed by atoms with E-state index in [0.717, 1.165) is 17.1 Å². The molecule has 1 heterocycles. The van der Waals surface area contributed by atoms with Gasteiger partial charge in [-0.3, -0.25) is 0 Å². The summed E-state index contributed by atoms with van der Waals surface area (Å²) >= 11 is 0. The molecule has 0 aliphatic heterocycles. The van der Waals surface area contributed by atoms with E-state index in [1.807, 2.05) is 0 Å². The van der Waals surface area contributed by atoms with Crippen LogP contribution in [-0.2, 0) is 0 Å². The highest BCUT2D eigenvalue weighted by molar-refractivity contribution is 6.24. The molecule has 0 N–H and O–H groups in total. The fourth-order valence-corrected chi connectivity index (χ4v) is 9.20. The van der Waals surface area contributed by atoms with Crippen LogP contribution in [0.3, 0.4) is 0 Å². The summed E-state index contributed by atoms with van der Waals surface area (Å²) in [6.07, 6.45) is 0. The molecule has 0 radical (unpaired) electrons. The summed E-state index contributed by atoms with van der Waals surface area (Å²) in [6.45, 7) is 0. The lowest BCUT2D eigenvalue weighted by Gasteiger charge is -2.27. The number of anilines is 3. The van der Waals surface area contributed by atoms with Gasteiger partial charge in [0.05, 0.1) is 11.0 Å². The summed E-state index contributed by atoms with van der Waals surface area (Å²) in [5.74, 6) is 0. The molecule has 0 saturated carbocycles. The van der Waals surface area contributed by atoms with Crippen LogP contribution in [0.1, 0.15) is 0 Å². The van der Waals surface area contributed by atoms with Gasteiger partial charge >= 0.3 is 0 Å². The number of benzene rings is 10. The summed E-state index contributed by atoms with van der Waals surface area (Å²) in [5.41, 5.74) is 12.2. The number of aromatic nitrogens is 1. The molecule has 250 valence electrons. The second-order valence-corrected chi connectivity index (χ2v) is 14.6. The fraction of sp³-hybridized carbons (Fsp3) is 0. The van der Waals surface area contributed by atoms with E-state index in [1.54, 1.807) is 0 Å². The number of fused-ring (bicyclic) bond motifs is 10. The Morgan fingerprint density at radius 3 is 1.78 bits per heavy atom. The second-order valence-electron chi connectivity index (χ2n) is 14.6. The minimum absolute atomic E-state index is 1.12. The predicted octanol–water partition coefficient (Wildman–Crippen LogP) is 14.5. The molecule has 1 aliphatic rings. The zero-order valence-electron chi connectivity index (χ0n) is 29.4. The maximum atomic E-state index is 2.44. The van der Waals surface area contributed by atoms with E-state index in [9.17, 15) is 0 Å². The molecule has 0 spiro atoms. The first kappa shape index (κ1) is 29.4. The summed E-state index contributed by atoms with van der Waals surface area (Å²) in [4.78, 5) is 2.44. The summed E-state index contributed by atoms with van der Waals surface area (Å²) in [7, 11) is 0. The Kier molecular flexibility index (Phi) is 6.09. The van der Waals surface area contributed by atoms with Crippen molar-refractivity contribution in [2.75, 3.05) is 4.90 Å². The first-order chi connectivity index (χ1) is 26.8. The van der Waals surface area contributed by atoms with Gasteiger partial charge in [-0.1, -0.05) is 127 Å². The lowest BCUT2D eigenvalue weighted by Crippen LogP contribution is -2.10.